The van der Waals surface area contributed by atoms with Crippen molar-refractivity contribution in [2.75, 3.05) is 53.0 Å². The van der Waals surface area contributed by atoms with Crippen LogP contribution in [0.15, 0.2) is 53.6 Å². The maximum absolute atomic E-state index is 13.6. The Kier molecular flexibility index (Phi) is 8.72. The molecule has 2 heterocycles. The molecule has 8 nitrogen and oxygen atoms in total. The molecule has 8 heteroatoms. The number of carbonyl (C=O) groups excluding carboxylic acids is 2. The van der Waals surface area contributed by atoms with Crippen molar-refractivity contribution >= 4 is 17.5 Å². The van der Waals surface area contributed by atoms with Gasteiger partial charge in [0.2, 0.25) is 5.91 Å². The van der Waals surface area contributed by atoms with Gasteiger partial charge >= 0.3 is 0 Å². The quantitative estimate of drug-likeness (QED) is 0.537. The van der Waals surface area contributed by atoms with E-state index in [1.807, 2.05) is 38.1 Å². The van der Waals surface area contributed by atoms with E-state index in [0.29, 0.717) is 32.6 Å². The molecule has 2 amide bonds. The summed E-state index contributed by atoms with van der Waals surface area (Å²) < 4.78 is 10.8. The first kappa shape index (κ1) is 25.9. The lowest BCUT2D eigenvalue weighted by Gasteiger charge is -2.31. The zero-order chi connectivity index (χ0) is 25.5. The second-order valence-corrected chi connectivity index (χ2v) is 9.27. The Balaban J connectivity index is 1.55. The van der Waals surface area contributed by atoms with E-state index in [-0.39, 0.29) is 24.4 Å². The molecule has 0 bridgehead atoms. The smallest absolute Gasteiger partial charge is 0.262 e. The van der Waals surface area contributed by atoms with E-state index in [0.717, 1.165) is 47.8 Å². The number of hydrazone groups is 1. The molecule has 0 aliphatic carbocycles. The monoisotopic (exact) mass is 492 g/mol. The van der Waals surface area contributed by atoms with Crippen LogP contribution in [0.5, 0.6) is 5.75 Å². The Morgan fingerprint density at radius 1 is 1.14 bits per heavy atom. The van der Waals surface area contributed by atoms with Crippen molar-refractivity contribution in [1.29, 1.82) is 0 Å². The van der Waals surface area contributed by atoms with Gasteiger partial charge in [-0.25, -0.2) is 5.01 Å². The summed E-state index contributed by atoms with van der Waals surface area (Å²) in [6.07, 6.45) is 0.952. The second kappa shape index (κ2) is 12.1. The molecular formula is C28H36N4O4. The Bertz CT molecular complexity index is 1080. The largest absolute Gasteiger partial charge is 0.497 e. The third kappa shape index (κ3) is 6.30. The van der Waals surface area contributed by atoms with Crippen LogP contribution in [0.25, 0.3) is 0 Å². The number of rotatable bonds is 9. The molecule has 1 saturated heterocycles. The van der Waals surface area contributed by atoms with Crippen LogP contribution in [0.1, 0.15) is 42.5 Å². The summed E-state index contributed by atoms with van der Waals surface area (Å²) >= 11 is 0. The molecular weight excluding hydrogens is 456 g/mol. The van der Waals surface area contributed by atoms with E-state index in [1.165, 1.54) is 0 Å². The number of hydrogen-bond acceptors (Lipinski definition) is 6. The van der Waals surface area contributed by atoms with Crippen LogP contribution in [-0.2, 0) is 14.3 Å². The van der Waals surface area contributed by atoms with Gasteiger partial charge < -0.3 is 14.4 Å². The molecule has 36 heavy (non-hydrogen) atoms. The lowest BCUT2D eigenvalue weighted by molar-refractivity contribution is -0.141. The molecule has 2 aromatic carbocycles. The fourth-order valence-corrected chi connectivity index (χ4v) is 4.60. The molecule has 1 atom stereocenters. The second-order valence-electron chi connectivity index (χ2n) is 9.27. The van der Waals surface area contributed by atoms with Gasteiger partial charge in [0.25, 0.3) is 5.91 Å². The van der Waals surface area contributed by atoms with Crippen LogP contribution in [0.3, 0.4) is 0 Å². The average molecular weight is 493 g/mol. The first-order chi connectivity index (χ1) is 17.5. The predicted octanol–water partition coefficient (Wildman–Crippen LogP) is 3.25. The van der Waals surface area contributed by atoms with Crippen LogP contribution in [0, 0.1) is 6.92 Å². The molecule has 0 aromatic heterocycles. The van der Waals surface area contributed by atoms with E-state index >= 15 is 0 Å². The van der Waals surface area contributed by atoms with Gasteiger partial charge in [-0.2, -0.15) is 5.10 Å². The SMILES string of the molecule is CCC(=O)N(CCN1CCOCC1)CC(=O)N1N=C(c2cccc(OC)c2)CC1c1ccc(C)cc1. The average Bonchev–Trinajstić information content (AvgIpc) is 3.37. The highest BCUT2D eigenvalue weighted by molar-refractivity contribution is 6.03. The fourth-order valence-electron chi connectivity index (χ4n) is 4.60. The van der Waals surface area contributed by atoms with Crippen LogP contribution < -0.4 is 4.74 Å². The third-order valence-corrected chi connectivity index (χ3v) is 6.80. The number of nitrogens with zero attached hydrogens (tertiary/aromatic N) is 4. The molecule has 1 unspecified atom stereocenters. The maximum atomic E-state index is 13.6. The fraction of sp³-hybridized carbons (Fsp3) is 0.464. The van der Waals surface area contributed by atoms with E-state index in [1.54, 1.807) is 17.0 Å². The van der Waals surface area contributed by atoms with E-state index < -0.39 is 0 Å². The van der Waals surface area contributed by atoms with Crippen molar-refractivity contribution in [1.82, 2.24) is 14.8 Å². The normalized spacial score (nSPS) is 18.1. The molecule has 0 saturated carbocycles. The van der Waals surface area contributed by atoms with Gasteiger partial charge in [-0.15, -0.1) is 0 Å². The van der Waals surface area contributed by atoms with Gasteiger partial charge in [-0.05, 0) is 24.6 Å². The van der Waals surface area contributed by atoms with Crippen molar-refractivity contribution in [2.45, 2.75) is 32.7 Å². The summed E-state index contributed by atoms with van der Waals surface area (Å²) in [6, 6.07) is 15.7. The molecule has 1 fully saturated rings. The zero-order valence-electron chi connectivity index (χ0n) is 21.5. The molecule has 2 aliphatic heterocycles. The van der Waals surface area contributed by atoms with Gasteiger partial charge in [0, 0.05) is 44.6 Å². The summed E-state index contributed by atoms with van der Waals surface area (Å²) in [5, 5.41) is 6.36. The molecule has 4 rings (SSSR count). The van der Waals surface area contributed by atoms with Crippen LogP contribution in [0.4, 0.5) is 0 Å². The highest BCUT2D eigenvalue weighted by Gasteiger charge is 2.34. The van der Waals surface area contributed by atoms with Crippen molar-refractivity contribution in [3.05, 3.63) is 65.2 Å². The molecule has 192 valence electrons. The molecule has 2 aromatic rings. The van der Waals surface area contributed by atoms with Gasteiger partial charge in [0.1, 0.15) is 12.3 Å². The van der Waals surface area contributed by atoms with E-state index in [4.69, 9.17) is 14.6 Å². The summed E-state index contributed by atoms with van der Waals surface area (Å²) in [7, 11) is 1.64. The van der Waals surface area contributed by atoms with Gasteiger partial charge in [0.15, 0.2) is 0 Å². The topological polar surface area (TPSA) is 74.7 Å². The van der Waals surface area contributed by atoms with Gasteiger partial charge in [-0.3, -0.25) is 14.5 Å². The van der Waals surface area contributed by atoms with Gasteiger partial charge in [0.05, 0.1) is 32.1 Å². The Labute approximate surface area is 213 Å². The van der Waals surface area contributed by atoms with E-state index in [9.17, 15) is 9.59 Å². The highest BCUT2D eigenvalue weighted by atomic mass is 16.5. The van der Waals surface area contributed by atoms with Crippen molar-refractivity contribution in [3.63, 3.8) is 0 Å². The van der Waals surface area contributed by atoms with E-state index in [2.05, 4.69) is 29.2 Å². The molecule has 0 radical (unpaired) electrons. The number of aryl methyl sites for hydroxylation is 1. The standard InChI is InChI=1S/C28H36N4O4/c1-4-27(33)31(13-12-30-14-16-36-17-15-30)20-28(34)32-26(22-10-8-21(2)9-11-22)19-25(29-32)23-6-5-7-24(18-23)35-3/h5-11,18,26H,4,12-17,19-20H2,1-3H3. The number of benzene rings is 2. The van der Waals surface area contributed by atoms with Gasteiger partial charge in [-0.1, -0.05) is 48.9 Å². The minimum absolute atomic E-state index is 0.00820. The minimum atomic E-state index is -0.225. The number of amides is 2. The highest BCUT2D eigenvalue weighted by Crippen LogP contribution is 2.33. The minimum Gasteiger partial charge on any atom is -0.497 e. The zero-order valence-corrected chi connectivity index (χ0v) is 21.5. The summed E-state index contributed by atoms with van der Waals surface area (Å²) in [5.74, 6) is 0.539. The number of methoxy groups -OCH3 is 1. The summed E-state index contributed by atoms with van der Waals surface area (Å²) in [4.78, 5) is 30.3. The molecule has 0 N–H and O–H groups in total. The first-order valence-corrected chi connectivity index (χ1v) is 12.7. The summed E-state index contributed by atoms with van der Waals surface area (Å²) in [5.41, 5.74) is 3.94. The first-order valence-electron chi connectivity index (χ1n) is 12.7. The van der Waals surface area contributed by atoms with Crippen molar-refractivity contribution < 1.29 is 19.1 Å². The van der Waals surface area contributed by atoms with Crippen LogP contribution in [0.2, 0.25) is 0 Å². The Hall–Kier alpha value is -3.23. The third-order valence-electron chi connectivity index (χ3n) is 6.80. The van der Waals surface area contributed by atoms with Crippen LogP contribution in [-0.4, -0.2) is 85.4 Å². The van der Waals surface area contributed by atoms with Crippen molar-refractivity contribution in [2.24, 2.45) is 5.10 Å². The number of ether oxygens (including phenoxy) is 2. The molecule has 2 aliphatic rings. The Morgan fingerprint density at radius 3 is 2.58 bits per heavy atom. The summed E-state index contributed by atoms with van der Waals surface area (Å²) in [6.45, 7) is 8.21. The lowest BCUT2D eigenvalue weighted by Crippen LogP contribution is -2.46. The predicted molar refractivity (Wildman–Crippen MR) is 139 cm³/mol. The number of hydrogen-bond donors (Lipinski definition) is 0. The van der Waals surface area contributed by atoms with Crippen LogP contribution >= 0.6 is 0 Å². The maximum Gasteiger partial charge on any atom is 0.262 e. The van der Waals surface area contributed by atoms with Crippen molar-refractivity contribution in [3.8, 4) is 5.75 Å². The molecule has 0 spiro atoms. The number of carbonyl (C=O) groups is 2. The number of morpholine rings is 1. The lowest BCUT2D eigenvalue weighted by atomic mass is 9.97. The Morgan fingerprint density at radius 2 is 1.89 bits per heavy atom.